The van der Waals surface area contributed by atoms with E-state index >= 15 is 0 Å². The van der Waals surface area contributed by atoms with Crippen LogP contribution in [0.3, 0.4) is 0 Å². The average Bonchev–Trinajstić information content (AvgIpc) is 3.11. The number of nitrogens with zero attached hydrogens (tertiary/aromatic N) is 5. The normalized spacial score (nSPS) is 11.8. The highest BCUT2D eigenvalue weighted by Gasteiger charge is 2.13. The fourth-order valence-corrected chi connectivity index (χ4v) is 3.78. The number of thioether (sulfide) groups is 1. The molecule has 0 atom stereocenters. The highest BCUT2D eigenvalue weighted by Crippen LogP contribution is 2.19. The summed E-state index contributed by atoms with van der Waals surface area (Å²) in [6.07, 6.45) is 3.86. The lowest BCUT2D eigenvalue weighted by Crippen LogP contribution is -2.38. The zero-order chi connectivity index (χ0) is 21.9. The molecule has 30 heavy (non-hydrogen) atoms. The number of hydrogen-bond acceptors (Lipinski definition) is 5. The van der Waals surface area contributed by atoms with E-state index in [0.717, 1.165) is 67.3 Å². The van der Waals surface area contributed by atoms with Crippen molar-refractivity contribution in [3.63, 3.8) is 0 Å². The average molecular weight is 433 g/mol. The summed E-state index contributed by atoms with van der Waals surface area (Å²) in [5.74, 6) is 3.41. The van der Waals surface area contributed by atoms with E-state index in [4.69, 9.17) is 9.73 Å². The monoisotopic (exact) mass is 432 g/mol. The Bertz CT molecular complexity index is 805. The zero-order valence-corrected chi connectivity index (χ0v) is 20.0. The van der Waals surface area contributed by atoms with E-state index in [-0.39, 0.29) is 0 Å². The van der Waals surface area contributed by atoms with Crippen molar-refractivity contribution in [2.24, 2.45) is 10.9 Å². The summed E-state index contributed by atoms with van der Waals surface area (Å²) < 4.78 is 7.73. The molecule has 0 amide bonds. The Hall–Kier alpha value is -2.22. The van der Waals surface area contributed by atoms with Gasteiger partial charge in [0.05, 0.1) is 7.11 Å². The van der Waals surface area contributed by atoms with Gasteiger partial charge < -0.3 is 19.5 Å². The van der Waals surface area contributed by atoms with Crippen LogP contribution in [0.25, 0.3) is 0 Å². The molecule has 0 fully saturated rings. The number of methoxy groups -OCH3 is 1. The maximum atomic E-state index is 5.48. The molecule has 0 spiro atoms. The maximum Gasteiger partial charge on any atom is 0.193 e. The second-order valence-electron chi connectivity index (χ2n) is 7.61. The molecule has 1 aromatic carbocycles. The van der Waals surface area contributed by atoms with Crippen LogP contribution in [-0.2, 0) is 19.5 Å². The molecular formula is C22H36N6OS. The topological polar surface area (TPSA) is 67.6 Å². The molecule has 0 unspecified atom stereocenters. The molecule has 2 aromatic rings. The predicted octanol–water partition coefficient (Wildman–Crippen LogP) is 3.69. The molecule has 0 aliphatic carbocycles. The molecule has 0 aliphatic rings. The summed E-state index contributed by atoms with van der Waals surface area (Å²) in [6, 6.07) is 8.10. The van der Waals surface area contributed by atoms with Gasteiger partial charge in [0.15, 0.2) is 11.1 Å². The maximum absolute atomic E-state index is 5.48. The molecule has 166 valence electrons. The zero-order valence-electron chi connectivity index (χ0n) is 19.2. The van der Waals surface area contributed by atoms with Crippen LogP contribution in [0, 0.1) is 5.92 Å². The van der Waals surface area contributed by atoms with Crippen molar-refractivity contribution in [2.45, 2.75) is 51.9 Å². The fraction of sp³-hybridized carbons (Fsp3) is 0.591. The van der Waals surface area contributed by atoms with Crippen molar-refractivity contribution in [3.8, 4) is 5.75 Å². The van der Waals surface area contributed by atoms with E-state index in [1.54, 1.807) is 18.9 Å². The number of nitrogens with one attached hydrogen (secondary N) is 1. The van der Waals surface area contributed by atoms with Gasteiger partial charge in [-0.1, -0.05) is 43.8 Å². The first-order valence-electron chi connectivity index (χ1n) is 10.6. The van der Waals surface area contributed by atoms with Gasteiger partial charge in [-0.25, -0.2) is 0 Å². The second kappa shape index (κ2) is 12.5. The van der Waals surface area contributed by atoms with Crippen LogP contribution in [0.15, 0.2) is 34.4 Å². The van der Waals surface area contributed by atoms with Gasteiger partial charge in [0.25, 0.3) is 0 Å². The summed E-state index contributed by atoms with van der Waals surface area (Å²) in [5.41, 5.74) is 1.14. The Morgan fingerprint density at radius 3 is 2.73 bits per heavy atom. The molecular weight excluding hydrogens is 396 g/mol. The highest BCUT2D eigenvalue weighted by molar-refractivity contribution is 7.98. The molecule has 0 aliphatic heterocycles. The van der Waals surface area contributed by atoms with Gasteiger partial charge in [-0.15, -0.1) is 10.2 Å². The first-order valence-corrected chi connectivity index (χ1v) is 11.8. The molecule has 1 aromatic heterocycles. The van der Waals surface area contributed by atoms with Crippen LogP contribution in [0.4, 0.5) is 0 Å². The summed E-state index contributed by atoms with van der Waals surface area (Å²) in [4.78, 5) is 6.96. The number of aromatic nitrogens is 3. The van der Waals surface area contributed by atoms with E-state index in [1.807, 2.05) is 18.2 Å². The van der Waals surface area contributed by atoms with Gasteiger partial charge in [0, 0.05) is 45.2 Å². The van der Waals surface area contributed by atoms with E-state index in [2.05, 4.69) is 65.1 Å². The second-order valence-corrected chi connectivity index (χ2v) is 8.39. The van der Waals surface area contributed by atoms with Crippen molar-refractivity contribution < 1.29 is 4.74 Å². The third-order valence-corrected chi connectivity index (χ3v) is 5.31. The van der Waals surface area contributed by atoms with Crippen LogP contribution in [0.1, 0.15) is 38.6 Å². The number of aryl methyl sites for hydroxylation is 1. The molecule has 0 saturated heterocycles. The number of hydrogen-bond donors (Lipinski definition) is 1. The van der Waals surface area contributed by atoms with Crippen LogP contribution in [-0.4, -0.2) is 59.1 Å². The molecule has 1 heterocycles. The van der Waals surface area contributed by atoms with Gasteiger partial charge >= 0.3 is 0 Å². The molecule has 8 heteroatoms. The van der Waals surface area contributed by atoms with Crippen LogP contribution in [0.5, 0.6) is 5.75 Å². The van der Waals surface area contributed by atoms with Crippen molar-refractivity contribution in [1.29, 1.82) is 0 Å². The standard InChI is InChI=1S/C22H36N6OS/c1-7-23-21(27(4)16-18-11-8-9-12-19(18)29-5)24-14-10-13-20-25-26-22(30-6)28(20)15-17(2)3/h8-9,11-12,17H,7,10,13-16H2,1-6H3,(H,23,24). The summed E-state index contributed by atoms with van der Waals surface area (Å²) in [7, 11) is 3.76. The molecule has 0 bridgehead atoms. The number of aliphatic imine (C=N–C) groups is 1. The third-order valence-electron chi connectivity index (χ3n) is 4.64. The minimum Gasteiger partial charge on any atom is -0.496 e. The summed E-state index contributed by atoms with van der Waals surface area (Å²) in [5, 5.41) is 13.1. The van der Waals surface area contributed by atoms with Crippen molar-refractivity contribution in [3.05, 3.63) is 35.7 Å². The van der Waals surface area contributed by atoms with Gasteiger partial charge in [0.1, 0.15) is 11.6 Å². The van der Waals surface area contributed by atoms with Crippen LogP contribution in [0.2, 0.25) is 0 Å². The molecule has 0 radical (unpaired) electrons. The van der Waals surface area contributed by atoms with Crippen molar-refractivity contribution in [1.82, 2.24) is 25.0 Å². The lowest BCUT2D eigenvalue weighted by molar-refractivity contribution is 0.396. The van der Waals surface area contributed by atoms with Gasteiger partial charge in [-0.3, -0.25) is 4.99 Å². The lowest BCUT2D eigenvalue weighted by Gasteiger charge is -2.23. The van der Waals surface area contributed by atoms with Crippen LogP contribution >= 0.6 is 11.8 Å². The predicted molar refractivity (Wildman–Crippen MR) is 125 cm³/mol. The largest absolute Gasteiger partial charge is 0.496 e. The van der Waals surface area contributed by atoms with Gasteiger partial charge in [-0.05, 0) is 31.6 Å². The smallest absolute Gasteiger partial charge is 0.193 e. The number of ether oxygens (including phenoxy) is 1. The van der Waals surface area contributed by atoms with Gasteiger partial charge in [0.2, 0.25) is 0 Å². The number of guanidine groups is 1. The molecule has 1 N–H and O–H groups in total. The number of para-hydroxylation sites is 1. The van der Waals surface area contributed by atoms with Crippen molar-refractivity contribution >= 4 is 17.7 Å². The molecule has 7 nitrogen and oxygen atoms in total. The Morgan fingerprint density at radius 2 is 2.07 bits per heavy atom. The Labute approximate surface area is 185 Å². The first kappa shape index (κ1) is 24.1. The first-order chi connectivity index (χ1) is 14.5. The lowest BCUT2D eigenvalue weighted by atomic mass is 10.2. The minimum atomic E-state index is 0.563. The van der Waals surface area contributed by atoms with Crippen molar-refractivity contribution in [2.75, 3.05) is 33.5 Å². The fourth-order valence-electron chi connectivity index (χ4n) is 3.26. The van der Waals surface area contributed by atoms with Crippen LogP contribution < -0.4 is 10.1 Å². The highest BCUT2D eigenvalue weighted by atomic mass is 32.2. The minimum absolute atomic E-state index is 0.563. The molecule has 2 rings (SSSR count). The summed E-state index contributed by atoms with van der Waals surface area (Å²) in [6.45, 7) is 9.78. The SMILES string of the molecule is CCNC(=NCCCc1nnc(SC)n1CC(C)C)N(C)Cc1ccccc1OC. The summed E-state index contributed by atoms with van der Waals surface area (Å²) >= 11 is 1.65. The van der Waals surface area contributed by atoms with E-state index < -0.39 is 0 Å². The van der Waals surface area contributed by atoms with E-state index in [1.165, 1.54) is 0 Å². The Morgan fingerprint density at radius 1 is 1.30 bits per heavy atom. The quantitative estimate of drug-likeness (QED) is 0.253. The van der Waals surface area contributed by atoms with Gasteiger partial charge in [-0.2, -0.15) is 0 Å². The third kappa shape index (κ3) is 6.93. The number of rotatable bonds is 11. The molecule has 0 saturated carbocycles. The Kier molecular flexibility index (Phi) is 10.00. The Balaban J connectivity index is 1.99. The van der Waals surface area contributed by atoms with E-state index in [0.29, 0.717) is 5.92 Å². The number of benzene rings is 1. The van der Waals surface area contributed by atoms with E-state index in [9.17, 15) is 0 Å².